The summed E-state index contributed by atoms with van der Waals surface area (Å²) >= 11 is 6.11. The van der Waals surface area contributed by atoms with Gasteiger partial charge in [-0.1, -0.05) is 35.9 Å². The van der Waals surface area contributed by atoms with Crippen molar-refractivity contribution in [3.63, 3.8) is 0 Å². The molecule has 2 heterocycles. The van der Waals surface area contributed by atoms with Crippen molar-refractivity contribution >= 4 is 11.6 Å². The lowest BCUT2D eigenvalue weighted by molar-refractivity contribution is -0.0385. The molecule has 1 aliphatic rings. The Balaban J connectivity index is 1.83. The fourth-order valence-electron chi connectivity index (χ4n) is 4.06. The third-order valence-electron chi connectivity index (χ3n) is 5.30. The van der Waals surface area contributed by atoms with Gasteiger partial charge in [-0.2, -0.15) is 5.10 Å². The van der Waals surface area contributed by atoms with Crippen molar-refractivity contribution in [1.82, 2.24) is 9.78 Å². The molecule has 4 nitrogen and oxygen atoms in total. The molecule has 146 valence electrons. The van der Waals surface area contributed by atoms with Crippen LogP contribution in [-0.2, 0) is 4.74 Å². The van der Waals surface area contributed by atoms with E-state index in [4.69, 9.17) is 26.2 Å². The van der Waals surface area contributed by atoms with Gasteiger partial charge < -0.3 is 9.47 Å². The fraction of sp³-hybridized carbons (Fsp3) is 0.348. The summed E-state index contributed by atoms with van der Waals surface area (Å²) in [6, 6.07) is 18.0. The molecule has 1 aliphatic heterocycles. The van der Waals surface area contributed by atoms with E-state index in [1.54, 1.807) is 7.11 Å². The van der Waals surface area contributed by atoms with E-state index in [0.29, 0.717) is 5.92 Å². The summed E-state index contributed by atoms with van der Waals surface area (Å²) in [5.41, 5.74) is 4.12. The molecule has 1 saturated heterocycles. The first-order valence-corrected chi connectivity index (χ1v) is 10.1. The summed E-state index contributed by atoms with van der Waals surface area (Å²) in [7, 11) is 1.69. The Kier molecular flexibility index (Phi) is 5.42. The molecule has 2 aromatic carbocycles. The van der Waals surface area contributed by atoms with Gasteiger partial charge in [0.2, 0.25) is 0 Å². The molecule has 1 aromatic heterocycles. The highest BCUT2D eigenvalue weighted by Crippen LogP contribution is 2.36. The van der Waals surface area contributed by atoms with Crippen molar-refractivity contribution in [2.45, 2.75) is 44.8 Å². The molecule has 0 saturated carbocycles. The Morgan fingerprint density at radius 2 is 1.71 bits per heavy atom. The van der Waals surface area contributed by atoms with Crippen LogP contribution in [0.2, 0.25) is 5.02 Å². The number of hydrogen-bond acceptors (Lipinski definition) is 3. The van der Waals surface area contributed by atoms with E-state index in [1.807, 2.05) is 53.2 Å². The lowest BCUT2D eigenvalue weighted by Crippen LogP contribution is -2.28. The van der Waals surface area contributed by atoms with Crippen molar-refractivity contribution in [3.8, 4) is 22.7 Å². The first-order chi connectivity index (χ1) is 13.5. The normalized spacial score (nSPS) is 22.2. The number of benzene rings is 2. The van der Waals surface area contributed by atoms with Crippen LogP contribution in [0, 0.1) is 0 Å². The standard InChI is InChI=1S/C23H25ClN2O2/c1-15-12-18(13-16(2)28-15)20-14-22(17-8-10-19(24)11-9-17)26(25-20)21-6-4-5-7-23(21)27-3/h4-11,14-16,18H,12-13H2,1-3H3/t15-,16+,18?. The lowest BCUT2D eigenvalue weighted by atomic mass is 9.89. The second-order valence-corrected chi connectivity index (χ2v) is 7.91. The molecule has 3 aromatic rings. The second kappa shape index (κ2) is 7.98. The zero-order chi connectivity index (χ0) is 19.7. The minimum absolute atomic E-state index is 0.240. The zero-order valence-corrected chi connectivity index (χ0v) is 17.2. The zero-order valence-electron chi connectivity index (χ0n) is 16.4. The van der Waals surface area contributed by atoms with Gasteiger partial charge in [0.05, 0.1) is 30.7 Å². The number of aromatic nitrogens is 2. The average molecular weight is 397 g/mol. The fourth-order valence-corrected chi connectivity index (χ4v) is 4.19. The van der Waals surface area contributed by atoms with Crippen LogP contribution in [0.4, 0.5) is 0 Å². The highest BCUT2D eigenvalue weighted by atomic mass is 35.5. The van der Waals surface area contributed by atoms with Gasteiger partial charge in [0.1, 0.15) is 11.4 Å². The Hall–Kier alpha value is -2.30. The molecule has 3 atom stereocenters. The van der Waals surface area contributed by atoms with Crippen LogP contribution in [0.25, 0.3) is 16.9 Å². The van der Waals surface area contributed by atoms with Crippen LogP contribution in [0.15, 0.2) is 54.6 Å². The van der Waals surface area contributed by atoms with E-state index in [1.165, 1.54) is 0 Å². The lowest BCUT2D eigenvalue weighted by Gasteiger charge is -2.31. The van der Waals surface area contributed by atoms with Crippen molar-refractivity contribution in [1.29, 1.82) is 0 Å². The number of rotatable bonds is 4. The van der Waals surface area contributed by atoms with E-state index in [9.17, 15) is 0 Å². The molecule has 1 fully saturated rings. The second-order valence-electron chi connectivity index (χ2n) is 7.47. The topological polar surface area (TPSA) is 36.3 Å². The molecule has 0 aliphatic carbocycles. The highest BCUT2D eigenvalue weighted by molar-refractivity contribution is 6.30. The van der Waals surface area contributed by atoms with Crippen molar-refractivity contribution in [2.24, 2.45) is 0 Å². The van der Waals surface area contributed by atoms with Gasteiger partial charge in [-0.3, -0.25) is 0 Å². The maximum absolute atomic E-state index is 6.11. The Morgan fingerprint density at radius 3 is 2.39 bits per heavy atom. The molecule has 0 bridgehead atoms. The maximum Gasteiger partial charge on any atom is 0.144 e. The monoisotopic (exact) mass is 396 g/mol. The van der Waals surface area contributed by atoms with Crippen LogP contribution in [0.3, 0.4) is 0 Å². The van der Waals surface area contributed by atoms with E-state index in [-0.39, 0.29) is 12.2 Å². The molecule has 1 unspecified atom stereocenters. The smallest absolute Gasteiger partial charge is 0.144 e. The van der Waals surface area contributed by atoms with Crippen LogP contribution >= 0.6 is 11.6 Å². The van der Waals surface area contributed by atoms with Gasteiger partial charge >= 0.3 is 0 Å². The Morgan fingerprint density at radius 1 is 1.04 bits per heavy atom. The van der Waals surface area contributed by atoms with Crippen LogP contribution in [0.1, 0.15) is 38.3 Å². The molecule has 4 rings (SSSR count). The van der Waals surface area contributed by atoms with Gasteiger partial charge in [-0.15, -0.1) is 0 Å². The summed E-state index contributed by atoms with van der Waals surface area (Å²) in [6.45, 7) is 4.28. The number of ether oxygens (including phenoxy) is 2. The van der Waals surface area contributed by atoms with E-state index >= 15 is 0 Å². The molecular weight excluding hydrogens is 372 g/mol. The van der Waals surface area contributed by atoms with Crippen molar-refractivity contribution < 1.29 is 9.47 Å². The largest absolute Gasteiger partial charge is 0.494 e. The van der Waals surface area contributed by atoms with Crippen LogP contribution < -0.4 is 4.74 Å². The molecule has 0 N–H and O–H groups in total. The Labute approximate surface area is 171 Å². The molecule has 0 spiro atoms. The van der Waals surface area contributed by atoms with E-state index in [2.05, 4.69) is 19.9 Å². The summed E-state index contributed by atoms with van der Waals surface area (Å²) in [6.07, 6.45) is 2.44. The number of hydrogen-bond donors (Lipinski definition) is 0. The Bertz CT molecular complexity index is 941. The van der Waals surface area contributed by atoms with Gasteiger partial charge in [-0.25, -0.2) is 4.68 Å². The summed E-state index contributed by atoms with van der Waals surface area (Å²) in [5, 5.41) is 5.75. The maximum atomic E-state index is 6.11. The van der Waals surface area contributed by atoms with Crippen LogP contribution in [-0.4, -0.2) is 29.1 Å². The number of nitrogens with zero attached hydrogens (tertiary/aromatic N) is 2. The predicted octanol–water partition coefficient (Wildman–Crippen LogP) is 5.87. The molecule has 0 amide bonds. The minimum atomic E-state index is 0.240. The first-order valence-electron chi connectivity index (χ1n) is 9.70. The van der Waals surface area contributed by atoms with E-state index < -0.39 is 0 Å². The average Bonchev–Trinajstić information content (AvgIpc) is 3.13. The number of para-hydroxylation sites is 2. The van der Waals surface area contributed by atoms with Crippen LogP contribution in [0.5, 0.6) is 5.75 Å². The summed E-state index contributed by atoms with van der Waals surface area (Å²) in [5.74, 6) is 1.17. The van der Waals surface area contributed by atoms with Gasteiger partial charge in [0.25, 0.3) is 0 Å². The molecule has 28 heavy (non-hydrogen) atoms. The minimum Gasteiger partial charge on any atom is -0.494 e. The molecular formula is C23H25ClN2O2. The quantitative estimate of drug-likeness (QED) is 0.553. The van der Waals surface area contributed by atoms with E-state index in [0.717, 1.165) is 46.3 Å². The third-order valence-corrected chi connectivity index (χ3v) is 5.55. The van der Waals surface area contributed by atoms with Gasteiger partial charge in [0.15, 0.2) is 0 Å². The number of methoxy groups -OCH3 is 1. The van der Waals surface area contributed by atoms with Crippen molar-refractivity contribution in [3.05, 3.63) is 65.3 Å². The van der Waals surface area contributed by atoms with Gasteiger partial charge in [-0.05, 0) is 57.0 Å². The molecule has 0 radical (unpaired) electrons. The third kappa shape index (κ3) is 3.80. The summed E-state index contributed by atoms with van der Waals surface area (Å²) < 4.78 is 13.5. The van der Waals surface area contributed by atoms with Gasteiger partial charge in [0, 0.05) is 16.5 Å². The molecule has 5 heteroatoms. The summed E-state index contributed by atoms with van der Waals surface area (Å²) in [4.78, 5) is 0. The van der Waals surface area contributed by atoms with Crippen molar-refractivity contribution in [2.75, 3.05) is 7.11 Å². The predicted molar refractivity (Wildman–Crippen MR) is 113 cm³/mol. The highest BCUT2D eigenvalue weighted by Gasteiger charge is 2.28. The first kappa shape index (κ1) is 19.0. The number of halogens is 1. The SMILES string of the molecule is COc1ccccc1-n1nc(C2C[C@@H](C)O[C@@H](C)C2)cc1-c1ccc(Cl)cc1.